The van der Waals surface area contributed by atoms with Crippen molar-refractivity contribution in [3.05, 3.63) is 38.3 Å². The van der Waals surface area contributed by atoms with Gasteiger partial charge in [-0.25, -0.2) is 4.79 Å². The number of benzene rings is 1. The molecule has 0 bridgehead atoms. The predicted octanol–water partition coefficient (Wildman–Crippen LogP) is 2.73. The summed E-state index contributed by atoms with van der Waals surface area (Å²) in [4.78, 5) is 33.3. The number of carboxylic acid groups (broad SMARTS) is 1. The lowest BCUT2D eigenvalue weighted by molar-refractivity contribution is -0.385. The van der Waals surface area contributed by atoms with E-state index in [0.29, 0.717) is 12.8 Å². The summed E-state index contributed by atoms with van der Waals surface area (Å²) in [5, 5.41) is 22.2. The fourth-order valence-electron chi connectivity index (χ4n) is 1.70. The number of nitrogens with one attached hydrogen (secondary N) is 1. The largest absolute Gasteiger partial charge is 0.480 e. The molecule has 1 amide bonds. The Kier molecular flexibility index (Phi) is 6.29. The van der Waals surface area contributed by atoms with Crippen molar-refractivity contribution in [1.82, 2.24) is 5.32 Å². The van der Waals surface area contributed by atoms with Crippen molar-refractivity contribution >= 4 is 33.5 Å². The molecule has 0 aliphatic rings. The first-order valence-electron chi connectivity index (χ1n) is 6.34. The number of carboxylic acids is 1. The molecule has 0 aliphatic heterocycles. The Hall–Kier alpha value is -1.96. The molecule has 0 heterocycles. The molecule has 0 aromatic heterocycles. The highest BCUT2D eigenvalue weighted by Crippen LogP contribution is 2.25. The average Bonchev–Trinajstić information content (AvgIpc) is 2.42. The standard InChI is InChI=1S/C13H15BrN2O5/c1-2-3-4-10(13(18)19)15-12(17)8-5-6-9(14)11(7-8)16(20)21/h5-7,10H,2-4H2,1H3,(H,15,17)(H,18,19). The Morgan fingerprint density at radius 2 is 2.14 bits per heavy atom. The van der Waals surface area contributed by atoms with Gasteiger partial charge in [0.2, 0.25) is 0 Å². The zero-order chi connectivity index (χ0) is 16.0. The zero-order valence-corrected chi connectivity index (χ0v) is 12.9. The van der Waals surface area contributed by atoms with E-state index >= 15 is 0 Å². The van der Waals surface area contributed by atoms with Crippen LogP contribution in [0.25, 0.3) is 0 Å². The minimum Gasteiger partial charge on any atom is -0.480 e. The van der Waals surface area contributed by atoms with Crippen molar-refractivity contribution in [3.8, 4) is 0 Å². The number of rotatable bonds is 7. The minimum atomic E-state index is -1.12. The van der Waals surface area contributed by atoms with Crippen LogP contribution in [0.2, 0.25) is 0 Å². The normalized spacial score (nSPS) is 11.7. The van der Waals surface area contributed by atoms with E-state index in [2.05, 4.69) is 21.2 Å². The van der Waals surface area contributed by atoms with Gasteiger partial charge in [-0.3, -0.25) is 14.9 Å². The van der Waals surface area contributed by atoms with Crippen LogP contribution < -0.4 is 5.32 Å². The summed E-state index contributed by atoms with van der Waals surface area (Å²) in [5.74, 6) is -1.77. The molecule has 0 spiro atoms. The summed E-state index contributed by atoms with van der Waals surface area (Å²) in [7, 11) is 0. The minimum absolute atomic E-state index is 0.0487. The monoisotopic (exact) mass is 358 g/mol. The SMILES string of the molecule is CCCCC(NC(=O)c1ccc(Br)c([N+](=O)[O-])c1)C(=O)O. The van der Waals surface area contributed by atoms with Gasteiger partial charge in [0, 0.05) is 11.6 Å². The lowest BCUT2D eigenvalue weighted by atomic mass is 10.1. The van der Waals surface area contributed by atoms with E-state index in [-0.39, 0.29) is 15.7 Å². The molecule has 1 rings (SSSR count). The predicted molar refractivity (Wildman–Crippen MR) is 79.2 cm³/mol. The van der Waals surface area contributed by atoms with E-state index in [0.717, 1.165) is 12.5 Å². The number of carbonyl (C=O) groups excluding carboxylic acids is 1. The van der Waals surface area contributed by atoms with Crippen molar-refractivity contribution in [3.63, 3.8) is 0 Å². The molecule has 0 saturated carbocycles. The van der Waals surface area contributed by atoms with Gasteiger partial charge >= 0.3 is 5.97 Å². The van der Waals surface area contributed by atoms with E-state index in [1.54, 1.807) is 0 Å². The van der Waals surface area contributed by atoms with E-state index < -0.39 is 22.8 Å². The Morgan fingerprint density at radius 3 is 2.67 bits per heavy atom. The van der Waals surface area contributed by atoms with Crippen LogP contribution in [0.3, 0.4) is 0 Å². The third kappa shape index (κ3) is 4.82. The first-order valence-corrected chi connectivity index (χ1v) is 7.13. The summed E-state index contributed by atoms with van der Waals surface area (Å²) in [6.45, 7) is 1.92. The smallest absolute Gasteiger partial charge is 0.326 e. The van der Waals surface area contributed by atoms with Gasteiger partial charge in [0.25, 0.3) is 11.6 Å². The average molecular weight is 359 g/mol. The van der Waals surface area contributed by atoms with Crippen LogP contribution in [0.1, 0.15) is 36.5 Å². The molecule has 0 saturated heterocycles. The van der Waals surface area contributed by atoms with E-state index in [4.69, 9.17) is 5.11 Å². The number of carbonyl (C=O) groups is 2. The van der Waals surface area contributed by atoms with Crippen LogP contribution in [-0.2, 0) is 4.79 Å². The van der Waals surface area contributed by atoms with E-state index in [1.165, 1.54) is 12.1 Å². The maximum atomic E-state index is 12.0. The van der Waals surface area contributed by atoms with Crippen LogP contribution in [0.4, 0.5) is 5.69 Å². The summed E-state index contributed by atoms with van der Waals surface area (Å²) >= 11 is 3.02. The van der Waals surface area contributed by atoms with E-state index in [1.807, 2.05) is 6.92 Å². The van der Waals surface area contributed by atoms with Crippen molar-refractivity contribution in [2.75, 3.05) is 0 Å². The molecule has 1 atom stereocenters. The van der Waals surface area contributed by atoms with Gasteiger partial charge in [0.1, 0.15) is 6.04 Å². The van der Waals surface area contributed by atoms with Crippen LogP contribution >= 0.6 is 15.9 Å². The highest BCUT2D eigenvalue weighted by molar-refractivity contribution is 9.10. The number of nitrogens with zero attached hydrogens (tertiary/aromatic N) is 1. The van der Waals surface area contributed by atoms with Crippen LogP contribution in [0, 0.1) is 10.1 Å². The Bertz CT molecular complexity index is 561. The fourth-order valence-corrected chi connectivity index (χ4v) is 2.09. The second kappa shape index (κ2) is 7.72. The van der Waals surface area contributed by atoms with Gasteiger partial charge in [-0.05, 0) is 34.5 Å². The maximum Gasteiger partial charge on any atom is 0.326 e. The van der Waals surface area contributed by atoms with Gasteiger partial charge in [0.15, 0.2) is 0 Å². The Balaban J connectivity index is 2.90. The quantitative estimate of drug-likeness (QED) is 0.575. The Labute approximate surface area is 129 Å². The summed E-state index contributed by atoms with van der Waals surface area (Å²) in [5.41, 5.74) is -0.198. The maximum absolute atomic E-state index is 12.0. The molecule has 2 N–H and O–H groups in total. The highest BCUT2D eigenvalue weighted by Gasteiger charge is 2.22. The van der Waals surface area contributed by atoms with Gasteiger partial charge in [-0.15, -0.1) is 0 Å². The molecule has 21 heavy (non-hydrogen) atoms. The molecule has 0 aliphatic carbocycles. The fraction of sp³-hybridized carbons (Fsp3) is 0.385. The third-order valence-electron chi connectivity index (χ3n) is 2.85. The van der Waals surface area contributed by atoms with Crippen LogP contribution in [0.5, 0.6) is 0 Å². The molecule has 8 heteroatoms. The van der Waals surface area contributed by atoms with Gasteiger partial charge in [-0.1, -0.05) is 19.8 Å². The molecule has 1 aromatic carbocycles. The topological polar surface area (TPSA) is 110 Å². The zero-order valence-electron chi connectivity index (χ0n) is 11.3. The number of nitro benzene ring substituents is 1. The van der Waals surface area contributed by atoms with Crippen molar-refractivity contribution in [1.29, 1.82) is 0 Å². The summed E-state index contributed by atoms with van der Waals surface area (Å²) in [6, 6.07) is 2.89. The molecule has 114 valence electrons. The molecule has 1 unspecified atom stereocenters. The van der Waals surface area contributed by atoms with Crippen molar-refractivity contribution < 1.29 is 19.6 Å². The summed E-state index contributed by atoms with van der Waals surface area (Å²) < 4.78 is 0.254. The highest BCUT2D eigenvalue weighted by atomic mass is 79.9. The second-order valence-electron chi connectivity index (χ2n) is 4.43. The summed E-state index contributed by atoms with van der Waals surface area (Å²) in [6.07, 6.45) is 1.79. The first kappa shape index (κ1) is 17.1. The molecular weight excluding hydrogens is 344 g/mol. The molecular formula is C13H15BrN2O5. The number of nitro groups is 1. The Morgan fingerprint density at radius 1 is 1.48 bits per heavy atom. The van der Waals surface area contributed by atoms with Crippen molar-refractivity contribution in [2.24, 2.45) is 0 Å². The first-order chi connectivity index (χ1) is 9.86. The third-order valence-corrected chi connectivity index (χ3v) is 3.53. The van der Waals surface area contributed by atoms with E-state index in [9.17, 15) is 19.7 Å². The number of unbranched alkanes of at least 4 members (excludes halogenated alkanes) is 1. The number of aliphatic carboxylic acids is 1. The molecule has 0 radical (unpaired) electrons. The van der Waals surface area contributed by atoms with Crippen molar-refractivity contribution in [2.45, 2.75) is 32.2 Å². The second-order valence-corrected chi connectivity index (χ2v) is 5.28. The number of amides is 1. The van der Waals surface area contributed by atoms with Gasteiger partial charge < -0.3 is 10.4 Å². The van der Waals surface area contributed by atoms with Crippen LogP contribution in [-0.4, -0.2) is 27.9 Å². The lowest BCUT2D eigenvalue weighted by Gasteiger charge is -2.14. The molecule has 7 nitrogen and oxygen atoms in total. The van der Waals surface area contributed by atoms with Gasteiger partial charge in [-0.2, -0.15) is 0 Å². The molecule has 1 aromatic rings. The van der Waals surface area contributed by atoms with Gasteiger partial charge in [0.05, 0.1) is 9.40 Å². The molecule has 0 fully saturated rings. The number of hydrogen-bond donors (Lipinski definition) is 2. The van der Waals surface area contributed by atoms with Crippen LogP contribution in [0.15, 0.2) is 22.7 Å². The lowest BCUT2D eigenvalue weighted by Crippen LogP contribution is -2.40. The number of hydrogen-bond acceptors (Lipinski definition) is 4. The number of halogens is 1.